The third-order valence-electron chi connectivity index (χ3n) is 2.37. The van der Waals surface area contributed by atoms with Gasteiger partial charge in [-0.2, -0.15) is 0 Å². The summed E-state index contributed by atoms with van der Waals surface area (Å²) in [6.45, 7) is 8.71. The van der Waals surface area contributed by atoms with Crippen molar-refractivity contribution in [3.63, 3.8) is 0 Å². The largest absolute Gasteiger partial charge is 0.395 e. The van der Waals surface area contributed by atoms with Gasteiger partial charge in [0.25, 0.3) is 0 Å². The van der Waals surface area contributed by atoms with Crippen LogP contribution in [0.2, 0.25) is 0 Å². The Hall–Kier alpha value is -0.470. The molecule has 0 unspecified atom stereocenters. The molecule has 84 valence electrons. The fourth-order valence-corrected chi connectivity index (χ4v) is 2.60. The average Bonchev–Trinajstić information content (AvgIpc) is 2.17. The molecule has 0 heterocycles. The average molecular weight is 224 g/mol. The lowest BCUT2D eigenvalue weighted by atomic mass is 9.86. The van der Waals surface area contributed by atoms with E-state index in [2.05, 4.69) is 45.9 Å². The molecule has 15 heavy (non-hydrogen) atoms. The molecule has 1 aromatic rings. The van der Waals surface area contributed by atoms with Gasteiger partial charge >= 0.3 is 0 Å². The third kappa shape index (κ3) is 3.25. The second kappa shape index (κ2) is 5.04. The molecule has 0 saturated heterocycles. The van der Waals surface area contributed by atoms with Gasteiger partial charge in [0.2, 0.25) is 0 Å². The van der Waals surface area contributed by atoms with Crippen LogP contribution >= 0.6 is 11.8 Å². The summed E-state index contributed by atoms with van der Waals surface area (Å²) in [7, 11) is 0. The fraction of sp³-hybridized carbons (Fsp3) is 0.538. The van der Waals surface area contributed by atoms with Crippen molar-refractivity contribution >= 4 is 11.8 Å². The second-order valence-corrected chi connectivity index (χ2v) is 6.32. The maximum absolute atomic E-state index is 9.40. The van der Waals surface area contributed by atoms with Crippen molar-refractivity contribution in [2.24, 2.45) is 0 Å². The van der Waals surface area contributed by atoms with E-state index in [1.54, 1.807) is 0 Å². The van der Waals surface area contributed by atoms with Crippen molar-refractivity contribution in [2.45, 2.75) is 43.3 Å². The molecule has 1 aromatic carbocycles. The van der Waals surface area contributed by atoms with Gasteiger partial charge in [0.05, 0.1) is 6.61 Å². The smallest absolute Gasteiger partial charge is 0.0523 e. The first-order valence-electron chi connectivity index (χ1n) is 5.34. The Morgan fingerprint density at radius 1 is 1.27 bits per heavy atom. The van der Waals surface area contributed by atoms with E-state index in [-0.39, 0.29) is 12.0 Å². The summed E-state index contributed by atoms with van der Waals surface area (Å²) >= 11 is 1.86. The van der Waals surface area contributed by atoms with Crippen LogP contribution in [0.25, 0.3) is 0 Å². The SMILES string of the molecule is CC(C)Sc1ccccc1C(C)(C)CO. The Morgan fingerprint density at radius 3 is 2.40 bits per heavy atom. The summed E-state index contributed by atoms with van der Waals surface area (Å²) < 4.78 is 0. The molecule has 0 aliphatic heterocycles. The van der Waals surface area contributed by atoms with Crippen LogP contribution < -0.4 is 0 Å². The molecule has 0 bridgehead atoms. The Labute approximate surface area is 96.9 Å². The molecule has 0 radical (unpaired) electrons. The van der Waals surface area contributed by atoms with Crippen LogP contribution in [0.3, 0.4) is 0 Å². The minimum absolute atomic E-state index is 0.154. The predicted molar refractivity (Wildman–Crippen MR) is 67.5 cm³/mol. The number of benzene rings is 1. The van der Waals surface area contributed by atoms with Gasteiger partial charge < -0.3 is 5.11 Å². The highest BCUT2D eigenvalue weighted by molar-refractivity contribution is 8.00. The van der Waals surface area contributed by atoms with Gasteiger partial charge in [-0.25, -0.2) is 0 Å². The summed E-state index contributed by atoms with van der Waals surface area (Å²) in [5, 5.41) is 9.97. The molecule has 0 aliphatic carbocycles. The molecule has 0 amide bonds. The zero-order chi connectivity index (χ0) is 11.5. The summed E-state index contributed by atoms with van der Waals surface area (Å²) in [6.07, 6.45) is 0. The van der Waals surface area contributed by atoms with Crippen LogP contribution in [0.4, 0.5) is 0 Å². The molecule has 0 spiro atoms. The molecular formula is C13H20OS. The molecule has 1 rings (SSSR count). The van der Waals surface area contributed by atoms with Crippen molar-refractivity contribution in [1.29, 1.82) is 0 Å². The lowest BCUT2D eigenvalue weighted by Gasteiger charge is -2.25. The number of aliphatic hydroxyl groups is 1. The number of hydrogen-bond acceptors (Lipinski definition) is 2. The molecule has 0 saturated carbocycles. The number of thioether (sulfide) groups is 1. The highest BCUT2D eigenvalue weighted by Gasteiger charge is 2.22. The lowest BCUT2D eigenvalue weighted by Crippen LogP contribution is -2.23. The zero-order valence-electron chi connectivity index (χ0n) is 9.95. The van der Waals surface area contributed by atoms with Gasteiger partial charge in [-0.05, 0) is 11.6 Å². The first kappa shape index (κ1) is 12.6. The Kier molecular flexibility index (Phi) is 4.23. The van der Waals surface area contributed by atoms with Crippen LogP contribution in [-0.2, 0) is 5.41 Å². The van der Waals surface area contributed by atoms with Crippen molar-refractivity contribution in [3.8, 4) is 0 Å². The van der Waals surface area contributed by atoms with Gasteiger partial charge in [-0.1, -0.05) is 45.9 Å². The number of aliphatic hydroxyl groups excluding tert-OH is 1. The molecule has 0 fully saturated rings. The van der Waals surface area contributed by atoms with Gasteiger partial charge in [-0.15, -0.1) is 11.8 Å². The van der Waals surface area contributed by atoms with E-state index in [1.807, 2.05) is 17.8 Å². The minimum atomic E-state index is -0.154. The van der Waals surface area contributed by atoms with Crippen LogP contribution in [-0.4, -0.2) is 17.0 Å². The van der Waals surface area contributed by atoms with E-state index in [1.165, 1.54) is 10.5 Å². The Morgan fingerprint density at radius 2 is 1.87 bits per heavy atom. The predicted octanol–water partition coefficient (Wildman–Crippen LogP) is 3.46. The molecule has 1 N–H and O–H groups in total. The summed E-state index contributed by atoms with van der Waals surface area (Å²) in [6, 6.07) is 8.34. The highest BCUT2D eigenvalue weighted by atomic mass is 32.2. The van der Waals surface area contributed by atoms with Crippen LogP contribution in [0.15, 0.2) is 29.2 Å². The van der Waals surface area contributed by atoms with Crippen molar-refractivity contribution in [1.82, 2.24) is 0 Å². The normalized spacial score (nSPS) is 12.1. The molecule has 1 nitrogen and oxygen atoms in total. The molecule has 0 aromatic heterocycles. The Balaban J connectivity index is 3.06. The van der Waals surface area contributed by atoms with Gasteiger partial charge in [0, 0.05) is 15.6 Å². The third-order valence-corrected chi connectivity index (χ3v) is 3.46. The summed E-state index contributed by atoms with van der Waals surface area (Å²) in [4.78, 5) is 1.28. The molecular weight excluding hydrogens is 204 g/mol. The topological polar surface area (TPSA) is 20.2 Å². The summed E-state index contributed by atoms with van der Waals surface area (Å²) in [5.74, 6) is 0. The lowest BCUT2D eigenvalue weighted by molar-refractivity contribution is 0.216. The van der Waals surface area contributed by atoms with E-state index < -0.39 is 0 Å². The fourth-order valence-electron chi connectivity index (χ4n) is 1.47. The number of rotatable bonds is 4. The minimum Gasteiger partial charge on any atom is -0.395 e. The highest BCUT2D eigenvalue weighted by Crippen LogP contribution is 2.34. The Bertz CT molecular complexity index is 318. The van der Waals surface area contributed by atoms with Gasteiger partial charge in [-0.3, -0.25) is 0 Å². The maximum atomic E-state index is 9.40. The molecule has 2 heteroatoms. The van der Waals surface area contributed by atoms with Crippen molar-refractivity contribution in [2.75, 3.05) is 6.61 Å². The molecule has 0 aliphatic rings. The van der Waals surface area contributed by atoms with Crippen LogP contribution in [0, 0.1) is 0 Å². The standard InChI is InChI=1S/C13H20OS/c1-10(2)15-12-8-6-5-7-11(12)13(3,4)9-14/h5-8,10,14H,9H2,1-4H3. The zero-order valence-corrected chi connectivity index (χ0v) is 10.8. The van der Waals surface area contributed by atoms with Crippen molar-refractivity contribution in [3.05, 3.63) is 29.8 Å². The molecule has 0 atom stereocenters. The van der Waals surface area contributed by atoms with Crippen molar-refractivity contribution < 1.29 is 5.11 Å². The van der Waals surface area contributed by atoms with Gasteiger partial charge in [0.15, 0.2) is 0 Å². The number of hydrogen-bond donors (Lipinski definition) is 1. The van der Waals surface area contributed by atoms with E-state index >= 15 is 0 Å². The van der Waals surface area contributed by atoms with Gasteiger partial charge in [0.1, 0.15) is 0 Å². The van der Waals surface area contributed by atoms with E-state index in [0.717, 1.165) is 0 Å². The summed E-state index contributed by atoms with van der Waals surface area (Å²) in [5.41, 5.74) is 1.09. The maximum Gasteiger partial charge on any atom is 0.0523 e. The van der Waals surface area contributed by atoms with Crippen LogP contribution in [0.5, 0.6) is 0 Å². The monoisotopic (exact) mass is 224 g/mol. The van der Waals surface area contributed by atoms with E-state index in [0.29, 0.717) is 5.25 Å². The first-order valence-corrected chi connectivity index (χ1v) is 6.22. The quantitative estimate of drug-likeness (QED) is 0.790. The van der Waals surface area contributed by atoms with E-state index in [4.69, 9.17) is 0 Å². The second-order valence-electron chi connectivity index (χ2n) is 4.70. The first-order chi connectivity index (χ1) is 6.97. The van der Waals surface area contributed by atoms with Crippen LogP contribution in [0.1, 0.15) is 33.3 Å². The van der Waals surface area contributed by atoms with E-state index in [9.17, 15) is 5.11 Å².